The quantitative estimate of drug-likeness (QED) is 0.869. The third kappa shape index (κ3) is 2.68. The van der Waals surface area contributed by atoms with E-state index in [0.717, 1.165) is 17.7 Å². The van der Waals surface area contributed by atoms with E-state index in [0.29, 0.717) is 17.1 Å². The van der Waals surface area contributed by atoms with Gasteiger partial charge in [-0.25, -0.2) is 4.98 Å². The molecule has 1 heterocycles. The molecule has 0 atom stereocenters. The normalized spacial score (nSPS) is 15.3. The van der Waals surface area contributed by atoms with Gasteiger partial charge in [-0.15, -0.1) is 11.3 Å². The van der Waals surface area contributed by atoms with Crippen molar-refractivity contribution < 1.29 is 4.79 Å². The standard InChI is InChI=1S/C9H12ClN3OS/c10-9-12-4-7(15-9)5-13(6-1-2-6)8(14)3-11/h4,6H,1-3,5,11H2. The molecular weight excluding hydrogens is 234 g/mol. The van der Waals surface area contributed by atoms with Gasteiger partial charge in [0.05, 0.1) is 13.1 Å². The van der Waals surface area contributed by atoms with Gasteiger partial charge >= 0.3 is 0 Å². The van der Waals surface area contributed by atoms with E-state index in [1.807, 2.05) is 4.90 Å². The van der Waals surface area contributed by atoms with Gasteiger partial charge < -0.3 is 10.6 Å². The molecule has 1 fully saturated rings. The summed E-state index contributed by atoms with van der Waals surface area (Å²) in [5, 5.41) is 0. The number of hydrogen-bond acceptors (Lipinski definition) is 4. The van der Waals surface area contributed by atoms with Crippen LogP contribution in [-0.2, 0) is 11.3 Å². The molecule has 15 heavy (non-hydrogen) atoms. The van der Waals surface area contributed by atoms with Crippen LogP contribution in [0.25, 0.3) is 0 Å². The fourth-order valence-corrected chi connectivity index (χ4v) is 2.43. The van der Waals surface area contributed by atoms with Crippen molar-refractivity contribution in [2.45, 2.75) is 25.4 Å². The Hall–Kier alpha value is -0.650. The molecule has 0 aromatic carbocycles. The number of thiazole rings is 1. The molecule has 82 valence electrons. The summed E-state index contributed by atoms with van der Waals surface area (Å²) in [6.45, 7) is 0.661. The SMILES string of the molecule is NCC(=O)N(Cc1cnc(Cl)s1)C1CC1. The van der Waals surface area contributed by atoms with Crippen LogP contribution in [0.1, 0.15) is 17.7 Å². The van der Waals surface area contributed by atoms with Crippen LogP contribution >= 0.6 is 22.9 Å². The smallest absolute Gasteiger partial charge is 0.236 e. The summed E-state index contributed by atoms with van der Waals surface area (Å²) in [6.07, 6.45) is 3.88. The molecule has 1 aromatic rings. The molecular formula is C9H12ClN3OS. The molecule has 1 amide bonds. The molecule has 0 radical (unpaired) electrons. The number of aromatic nitrogens is 1. The number of hydrogen-bond donors (Lipinski definition) is 1. The summed E-state index contributed by atoms with van der Waals surface area (Å²) >= 11 is 7.14. The second-order valence-electron chi connectivity index (χ2n) is 3.54. The first-order valence-corrected chi connectivity index (χ1v) is 6.00. The predicted octanol–water partition coefficient (Wildman–Crippen LogP) is 1.25. The number of carbonyl (C=O) groups is 1. The van der Waals surface area contributed by atoms with Crippen molar-refractivity contribution in [2.75, 3.05) is 6.54 Å². The van der Waals surface area contributed by atoms with Gasteiger partial charge in [-0.3, -0.25) is 4.79 Å². The number of rotatable bonds is 4. The van der Waals surface area contributed by atoms with Crippen LogP contribution in [0.5, 0.6) is 0 Å². The van der Waals surface area contributed by atoms with Crippen molar-refractivity contribution in [3.63, 3.8) is 0 Å². The average molecular weight is 246 g/mol. The Morgan fingerprint density at radius 1 is 1.73 bits per heavy atom. The highest BCUT2D eigenvalue weighted by Crippen LogP contribution is 2.29. The molecule has 0 saturated heterocycles. The van der Waals surface area contributed by atoms with Crippen LogP contribution < -0.4 is 5.73 Å². The Morgan fingerprint density at radius 2 is 2.47 bits per heavy atom. The van der Waals surface area contributed by atoms with Crippen molar-refractivity contribution in [1.29, 1.82) is 0 Å². The maximum Gasteiger partial charge on any atom is 0.236 e. The van der Waals surface area contributed by atoms with Crippen molar-refractivity contribution in [1.82, 2.24) is 9.88 Å². The zero-order valence-electron chi connectivity index (χ0n) is 8.15. The molecule has 1 aliphatic carbocycles. The van der Waals surface area contributed by atoms with Gasteiger partial charge in [0.2, 0.25) is 5.91 Å². The molecule has 0 spiro atoms. The van der Waals surface area contributed by atoms with Crippen LogP contribution in [0.15, 0.2) is 6.20 Å². The molecule has 1 aromatic heterocycles. The summed E-state index contributed by atoms with van der Waals surface area (Å²) in [5.74, 6) is 0.00187. The predicted molar refractivity (Wildman–Crippen MR) is 59.8 cm³/mol. The Bertz CT molecular complexity index is 364. The maximum absolute atomic E-state index is 11.6. The van der Waals surface area contributed by atoms with Crippen LogP contribution in [-0.4, -0.2) is 28.4 Å². The molecule has 0 unspecified atom stereocenters. The van der Waals surface area contributed by atoms with Crippen molar-refractivity contribution in [3.8, 4) is 0 Å². The molecule has 1 saturated carbocycles. The monoisotopic (exact) mass is 245 g/mol. The van der Waals surface area contributed by atoms with Crippen molar-refractivity contribution in [2.24, 2.45) is 5.73 Å². The summed E-state index contributed by atoms with van der Waals surface area (Å²) in [6, 6.07) is 0.377. The first-order valence-electron chi connectivity index (χ1n) is 4.80. The second-order valence-corrected chi connectivity index (χ2v) is 5.23. The minimum Gasteiger partial charge on any atom is -0.333 e. The first-order chi connectivity index (χ1) is 7.20. The minimum absolute atomic E-state index is 0.00187. The lowest BCUT2D eigenvalue weighted by molar-refractivity contribution is -0.130. The van der Waals surface area contributed by atoms with Crippen LogP contribution in [0.2, 0.25) is 4.47 Å². The van der Waals surface area contributed by atoms with E-state index >= 15 is 0 Å². The summed E-state index contributed by atoms with van der Waals surface area (Å²) < 4.78 is 0.515. The summed E-state index contributed by atoms with van der Waals surface area (Å²) in [5.41, 5.74) is 5.37. The van der Waals surface area contributed by atoms with Crippen molar-refractivity contribution >= 4 is 28.8 Å². The van der Waals surface area contributed by atoms with E-state index in [1.54, 1.807) is 6.20 Å². The Kier molecular flexibility index (Phi) is 3.23. The highest BCUT2D eigenvalue weighted by Gasteiger charge is 2.32. The fourth-order valence-electron chi connectivity index (χ4n) is 1.45. The van der Waals surface area contributed by atoms with E-state index < -0.39 is 0 Å². The topological polar surface area (TPSA) is 59.2 Å². The van der Waals surface area contributed by atoms with Crippen LogP contribution in [0.4, 0.5) is 0 Å². The molecule has 6 heteroatoms. The Labute approximate surface area is 97.0 Å². The van der Waals surface area contributed by atoms with Crippen molar-refractivity contribution in [3.05, 3.63) is 15.5 Å². The van der Waals surface area contributed by atoms with Gasteiger partial charge in [-0.1, -0.05) is 11.6 Å². The Morgan fingerprint density at radius 3 is 2.93 bits per heavy atom. The molecule has 2 N–H and O–H groups in total. The van der Waals surface area contributed by atoms with Gasteiger partial charge in [-0.2, -0.15) is 0 Å². The average Bonchev–Trinajstić information content (AvgIpc) is 2.98. The zero-order chi connectivity index (χ0) is 10.8. The van der Waals surface area contributed by atoms with Crippen LogP contribution in [0, 0.1) is 0 Å². The van der Waals surface area contributed by atoms with E-state index in [4.69, 9.17) is 17.3 Å². The third-order valence-corrected chi connectivity index (χ3v) is 3.43. The van der Waals surface area contributed by atoms with Gasteiger partial charge in [0.1, 0.15) is 0 Å². The van der Waals surface area contributed by atoms with E-state index in [1.165, 1.54) is 11.3 Å². The second kappa shape index (κ2) is 4.47. The molecule has 1 aliphatic rings. The van der Waals surface area contributed by atoms with E-state index in [9.17, 15) is 4.79 Å². The van der Waals surface area contributed by atoms with Gasteiger partial charge in [0.15, 0.2) is 4.47 Å². The van der Waals surface area contributed by atoms with Gasteiger partial charge in [0, 0.05) is 17.1 Å². The first kappa shape index (κ1) is 10.9. The van der Waals surface area contributed by atoms with Crippen LogP contribution in [0.3, 0.4) is 0 Å². The van der Waals surface area contributed by atoms with E-state index in [-0.39, 0.29) is 12.5 Å². The highest BCUT2D eigenvalue weighted by atomic mass is 35.5. The molecule has 2 rings (SSSR count). The minimum atomic E-state index is 0.00187. The molecule has 0 aliphatic heterocycles. The number of amides is 1. The third-order valence-electron chi connectivity index (χ3n) is 2.33. The maximum atomic E-state index is 11.6. The van der Waals surface area contributed by atoms with E-state index in [2.05, 4.69) is 4.98 Å². The largest absolute Gasteiger partial charge is 0.333 e. The summed E-state index contributed by atoms with van der Waals surface area (Å²) in [4.78, 5) is 18.3. The lowest BCUT2D eigenvalue weighted by Gasteiger charge is -2.20. The number of nitrogens with two attached hydrogens (primary N) is 1. The molecule has 0 bridgehead atoms. The number of nitrogens with zero attached hydrogens (tertiary/aromatic N) is 2. The molecule has 4 nitrogen and oxygen atoms in total. The summed E-state index contributed by atoms with van der Waals surface area (Å²) in [7, 11) is 0. The lowest BCUT2D eigenvalue weighted by atomic mass is 10.4. The zero-order valence-corrected chi connectivity index (χ0v) is 9.72. The Balaban J connectivity index is 2.03. The highest BCUT2D eigenvalue weighted by molar-refractivity contribution is 7.15. The van der Waals surface area contributed by atoms with Gasteiger partial charge in [-0.05, 0) is 12.8 Å². The van der Waals surface area contributed by atoms with Gasteiger partial charge in [0.25, 0.3) is 0 Å². The number of carbonyl (C=O) groups excluding carboxylic acids is 1. The fraction of sp³-hybridized carbons (Fsp3) is 0.556. The number of halogens is 1. The lowest BCUT2D eigenvalue weighted by Crippen LogP contribution is -2.36.